The first-order valence-electron chi connectivity index (χ1n) is 11.3. The molecular weight excluding hydrogens is 390 g/mol. The molecule has 6 heteroatoms. The largest absolute Gasteiger partial charge is 0.492 e. The van der Waals surface area contributed by atoms with Gasteiger partial charge in [0.1, 0.15) is 12.4 Å². The number of anilines is 1. The number of nitrogens with zero attached hydrogens (tertiary/aromatic N) is 1. The fraction of sp³-hybridized carbons (Fsp3) is 0.480. The predicted molar refractivity (Wildman–Crippen MR) is 125 cm³/mol. The van der Waals surface area contributed by atoms with Crippen molar-refractivity contribution in [1.29, 1.82) is 0 Å². The van der Waals surface area contributed by atoms with Crippen LogP contribution in [0.4, 0.5) is 5.69 Å². The Hall–Kier alpha value is -2.57. The van der Waals surface area contributed by atoms with Crippen LogP contribution in [-0.2, 0) is 19.3 Å². The van der Waals surface area contributed by atoms with Crippen LogP contribution in [0, 0.1) is 0 Å². The highest BCUT2D eigenvalue weighted by atomic mass is 16.5. The fourth-order valence-electron chi connectivity index (χ4n) is 4.31. The normalized spacial score (nSPS) is 13.8. The number of ether oxygens (including phenoxy) is 1. The quantitative estimate of drug-likeness (QED) is 0.455. The van der Waals surface area contributed by atoms with Crippen molar-refractivity contribution in [2.75, 3.05) is 37.7 Å². The topological polar surface area (TPSA) is 87.8 Å². The van der Waals surface area contributed by atoms with Crippen LogP contribution in [0.2, 0.25) is 0 Å². The zero-order valence-corrected chi connectivity index (χ0v) is 18.7. The standard InChI is InChI=1S/C25H35N3O3/c1-3-20-7-4-5-8-23(20)31-14-10-27-18(2)15-19-16-21-9-12-28(11-6-13-29)24(21)22(17-19)25(26)30/h4-5,7-8,16-18,27,29H,3,6,9-15H2,1-2H3,(H2,26,30). The zero-order valence-electron chi connectivity index (χ0n) is 18.7. The van der Waals surface area contributed by atoms with Gasteiger partial charge in [0.25, 0.3) is 5.91 Å². The minimum atomic E-state index is -0.391. The molecule has 1 aliphatic heterocycles. The number of aliphatic hydroxyl groups excluding tert-OH is 1. The first kappa shape index (κ1) is 23.1. The van der Waals surface area contributed by atoms with Gasteiger partial charge in [-0.2, -0.15) is 0 Å². The molecule has 0 saturated heterocycles. The maximum absolute atomic E-state index is 12.1. The third kappa shape index (κ3) is 5.99. The van der Waals surface area contributed by atoms with Crippen molar-refractivity contribution in [1.82, 2.24) is 5.32 Å². The summed E-state index contributed by atoms with van der Waals surface area (Å²) < 4.78 is 5.94. The van der Waals surface area contributed by atoms with Crippen LogP contribution in [0.15, 0.2) is 36.4 Å². The minimum absolute atomic E-state index is 0.146. The summed E-state index contributed by atoms with van der Waals surface area (Å²) >= 11 is 0. The van der Waals surface area contributed by atoms with Gasteiger partial charge in [-0.15, -0.1) is 0 Å². The molecule has 0 radical (unpaired) electrons. The molecule has 31 heavy (non-hydrogen) atoms. The molecule has 2 aromatic rings. The highest BCUT2D eigenvalue weighted by Gasteiger charge is 2.25. The van der Waals surface area contributed by atoms with Gasteiger partial charge in [0, 0.05) is 32.3 Å². The number of hydrogen-bond acceptors (Lipinski definition) is 5. The van der Waals surface area contributed by atoms with E-state index in [2.05, 4.69) is 36.2 Å². The van der Waals surface area contributed by atoms with Crippen molar-refractivity contribution in [3.8, 4) is 5.75 Å². The van der Waals surface area contributed by atoms with E-state index in [4.69, 9.17) is 15.6 Å². The number of carbonyl (C=O) groups excluding carboxylic acids is 1. The van der Waals surface area contributed by atoms with Crippen LogP contribution >= 0.6 is 0 Å². The van der Waals surface area contributed by atoms with Crippen LogP contribution < -0.4 is 20.7 Å². The number of benzene rings is 2. The minimum Gasteiger partial charge on any atom is -0.492 e. The van der Waals surface area contributed by atoms with Crippen molar-refractivity contribution < 1.29 is 14.6 Å². The molecule has 0 fully saturated rings. The van der Waals surface area contributed by atoms with E-state index < -0.39 is 5.91 Å². The number of nitrogens with one attached hydrogen (secondary N) is 1. The van der Waals surface area contributed by atoms with E-state index >= 15 is 0 Å². The second-order valence-electron chi connectivity index (χ2n) is 8.20. The molecule has 0 saturated carbocycles. The van der Waals surface area contributed by atoms with Gasteiger partial charge < -0.3 is 25.8 Å². The Morgan fingerprint density at radius 3 is 2.87 bits per heavy atom. The lowest BCUT2D eigenvalue weighted by molar-refractivity contribution is 0.100. The summed E-state index contributed by atoms with van der Waals surface area (Å²) in [6.07, 6.45) is 3.36. The molecule has 1 atom stereocenters. The number of para-hydroxylation sites is 1. The van der Waals surface area contributed by atoms with E-state index in [1.807, 2.05) is 24.3 Å². The predicted octanol–water partition coefficient (Wildman–Crippen LogP) is 2.69. The van der Waals surface area contributed by atoms with Crippen molar-refractivity contribution in [3.05, 3.63) is 58.7 Å². The molecule has 168 valence electrons. The zero-order chi connectivity index (χ0) is 22.2. The van der Waals surface area contributed by atoms with Gasteiger partial charge in [0.2, 0.25) is 0 Å². The molecule has 0 aliphatic carbocycles. The highest BCUT2D eigenvalue weighted by molar-refractivity contribution is 6.00. The summed E-state index contributed by atoms with van der Waals surface area (Å²) in [7, 11) is 0. The van der Waals surface area contributed by atoms with Gasteiger partial charge >= 0.3 is 0 Å². The molecule has 4 N–H and O–H groups in total. The number of fused-ring (bicyclic) bond motifs is 1. The van der Waals surface area contributed by atoms with Gasteiger partial charge in [-0.05, 0) is 61.4 Å². The molecular formula is C25H35N3O3. The fourth-order valence-corrected chi connectivity index (χ4v) is 4.31. The van der Waals surface area contributed by atoms with Gasteiger partial charge in [0.05, 0.1) is 11.3 Å². The van der Waals surface area contributed by atoms with E-state index in [1.54, 1.807) is 0 Å². The van der Waals surface area contributed by atoms with Crippen LogP contribution in [0.25, 0.3) is 0 Å². The molecule has 3 rings (SSSR count). The SMILES string of the molecule is CCc1ccccc1OCCNC(C)Cc1cc2c(c(C(N)=O)c1)N(CCCO)CC2. The summed E-state index contributed by atoms with van der Waals surface area (Å²) in [5.41, 5.74) is 10.8. The van der Waals surface area contributed by atoms with Crippen LogP contribution in [0.5, 0.6) is 5.75 Å². The Kier molecular flexibility index (Phi) is 8.32. The summed E-state index contributed by atoms with van der Waals surface area (Å²) in [6.45, 7) is 7.38. The third-order valence-electron chi connectivity index (χ3n) is 5.82. The highest BCUT2D eigenvalue weighted by Crippen LogP contribution is 2.33. The molecule has 6 nitrogen and oxygen atoms in total. The van der Waals surface area contributed by atoms with Crippen molar-refractivity contribution in [2.24, 2.45) is 5.73 Å². The van der Waals surface area contributed by atoms with Crippen molar-refractivity contribution in [2.45, 2.75) is 45.6 Å². The number of aryl methyl sites for hydroxylation is 1. The molecule has 0 spiro atoms. The van der Waals surface area contributed by atoms with Gasteiger partial charge in [-0.1, -0.05) is 31.2 Å². The van der Waals surface area contributed by atoms with Crippen molar-refractivity contribution in [3.63, 3.8) is 0 Å². The van der Waals surface area contributed by atoms with Crippen LogP contribution in [0.3, 0.4) is 0 Å². The summed E-state index contributed by atoms with van der Waals surface area (Å²) in [5, 5.41) is 12.7. The Labute approximate surface area is 185 Å². The lowest BCUT2D eigenvalue weighted by atomic mass is 9.98. The first-order chi connectivity index (χ1) is 15.0. The van der Waals surface area contributed by atoms with Gasteiger partial charge in [-0.25, -0.2) is 0 Å². The van der Waals surface area contributed by atoms with Crippen LogP contribution in [0.1, 0.15) is 47.3 Å². The number of aliphatic hydroxyl groups is 1. The summed E-state index contributed by atoms with van der Waals surface area (Å²) in [4.78, 5) is 14.3. The average molecular weight is 426 g/mol. The Bertz CT molecular complexity index is 884. The second-order valence-corrected chi connectivity index (χ2v) is 8.20. The molecule has 1 amide bonds. The third-order valence-corrected chi connectivity index (χ3v) is 5.82. The van der Waals surface area contributed by atoms with E-state index in [0.717, 1.165) is 55.9 Å². The molecule has 0 aromatic heterocycles. The Morgan fingerprint density at radius 1 is 1.32 bits per heavy atom. The van der Waals surface area contributed by atoms with Gasteiger partial charge in [-0.3, -0.25) is 4.79 Å². The number of rotatable bonds is 12. The summed E-state index contributed by atoms with van der Waals surface area (Å²) in [5.74, 6) is 0.563. The molecule has 1 heterocycles. The Morgan fingerprint density at radius 2 is 2.13 bits per heavy atom. The average Bonchev–Trinajstić information content (AvgIpc) is 3.17. The molecule has 1 unspecified atom stereocenters. The maximum Gasteiger partial charge on any atom is 0.250 e. The van der Waals surface area contributed by atoms with E-state index in [-0.39, 0.29) is 12.6 Å². The molecule has 0 bridgehead atoms. The lowest BCUT2D eigenvalue weighted by Gasteiger charge is -2.22. The van der Waals surface area contributed by atoms with E-state index in [9.17, 15) is 4.79 Å². The number of primary amides is 1. The van der Waals surface area contributed by atoms with Gasteiger partial charge in [0.15, 0.2) is 0 Å². The number of hydrogen-bond donors (Lipinski definition) is 3. The van der Waals surface area contributed by atoms with E-state index in [1.165, 1.54) is 11.1 Å². The van der Waals surface area contributed by atoms with E-state index in [0.29, 0.717) is 18.6 Å². The number of carbonyl (C=O) groups is 1. The molecule has 1 aliphatic rings. The van der Waals surface area contributed by atoms with Crippen molar-refractivity contribution >= 4 is 11.6 Å². The molecule has 2 aromatic carbocycles. The lowest BCUT2D eigenvalue weighted by Crippen LogP contribution is -2.32. The smallest absolute Gasteiger partial charge is 0.250 e. The second kappa shape index (κ2) is 11.2. The number of nitrogens with two attached hydrogens (primary N) is 1. The Balaban J connectivity index is 1.57. The van der Waals surface area contributed by atoms with Crippen LogP contribution in [-0.4, -0.2) is 49.9 Å². The first-order valence-corrected chi connectivity index (χ1v) is 11.3. The maximum atomic E-state index is 12.1. The monoisotopic (exact) mass is 425 g/mol. The summed E-state index contributed by atoms with van der Waals surface area (Å²) in [6, 6.07) is 12.5. The number of amides is 1.